The Kier molecular flexibility index (Phi) is 29.1. The van der Waals surface area contributed by atoms with Gasteiger partial charge in [-0.1, -0.05) is 0 Å². The van der Waals surface area contributed by atoms with E-state index in [-0.39, 0.29) is 21.1 Å². The first-order chi connectivity index (χ1) is 14.1. The fourth-order valence-electron chi connectivity index (χ4n) is 2.70. The summed E-state index contributed by atoms with van der Waals surface area (Å²) in [5.74, 6) is -1.07. The molecule has 0 aromatic rings. The van der Waals surface area contributed by atoms with Gasteiger partial charge in [0.25, 0.3) is 0 Å². The van der Waals surface area contributed by atoms with Gasteiger partial charge in [-0.15, -0.1) is 0 Å². The Morgan fingerprint density at radius 3 is 1.28 bits per heavy atom. The van der Waals surface area contributed by atoms with E-state index in [1.165, 1.54) is 64.2 Å². The fraction of sp³-hybridized carbons (Fsp3) is 0.833. The van der Waals surface area contributed by atoms with Crippen LogP contribution in [0.1, 0.15) is 105 Å². The standard InChI is InChI=1S/C8H12O4.2C8H17.Sn/c1-3-11-7(9)5-6-8(10)12-4-2;2*1-3-5-7-8-6-4-2;/h5-6H,3-4H2,1-2H3;2*1,3-8H2,2H3;. The predicted octanol–water partition coefficient (Wildman–Crippen LogP) is 6.92. The molecule has 0 amide bonds. The van der Waals surface area contributed by atoms with Crippen molar-refractivity contribution in [3.05, 3.63) is 12.2 Å². The van der Waals surface area contributed by atoms with Crippen LogP contribution in [-0.2, 0) is 19.1 Å². The molecule has 0 aromatic carbocycles. The number of unbranched alkanes of at least 4 members (excludes halogenated alkanes) is 10. The van der Waals surface area contributed by atoms with Crippen LogP contribution < -0.4 is 0 Å². The zero-order valence-corrected chi connectivity index (χ0v) is 22.5. The van der Waals surface area contributed by atoms with E-state index < -0.39 is 11.9 Å². The quantitative estimate of drug-likeness (QED) is 0.0858. The molecule has 0 bridgehead atoms. The maximum Gasteiger partial charge on any atom is 0.330 e. The van der Waals surface area contributed by atoms with Gasteiger partial charge in [0.15, 0.2) is 0 Å². The van der Waals surface area contributed by atoms with Crippen molar-refractivity contribution >= 4 is 33.1 Å². The first kappa shape index (κ1) is 30.7. The van der Waals surface area contributed by atoms with Gasteiger partial charge >= 0.3 is 133 Å². The van der Waals surface area contributed by atoms with E-state index in [0.29, 0.717) is 13.2 Å². The Hall–Kier alpha value is -0.521. The van der Waals surface area contributed by atoms with E-state index in [9.17, 15) is 9.59 Å². The van der Waals surface area contributed by atoms with Crippen LogP contribution in [0.2, 0.25) is 8.87 Å². The van der Waals surface area contributed by atoms with Gasteiger partial charge in [0, 0.05) is 12.2 Å². The molecule has 0 aliphatic heterocycles. The molecule has 0 fully saturated rings. The van der Waals surface area contributed by atoms with Crippen LogP contribution >= 0.6 is 0 Å². The summed E-state index contributed by atoms with van der Waals surface area (Å²) in [6.07, 6.45) is 19.9. The summed E-state index contributed by atoms with van der Waals surface area (Å²) in [5, 5.41) is 0. The molecule has 29 heavy (non-hydrogen) atoms. The SMILES string of the molecule is CCCCCCC[CH2][Sn][CH2]CCCCCCC.CCOC(=O)C=CC(=O)OCC. The second-order valence-corrected chi connectivity index (χ2v) is 11.4. The van der Waals surface area contributed by atoms with Gasteiger partial charge in [0.05, 0.1) is 13.2 Å². The van der Waals surface area contributed by atoms with E-state index >= 15 is 0 Å². The van der Waals surface area contributed by atoms with Gasteiger partial charge in [-0.3, -0.25) is 0 Å². The minimum Gasteiger partial charge on any atom is -0.463 e. The molecule has 0 rings (SSSR count). The summed E-state index contributed by atoms with van der Waals surface area (Å²) in [5.41, 5.74) is 0. The van der Waals surface area contributed by atoms with E-state index in [4.69, 9.17) is 0 Å². The maximum atomic E-state index is 10.6. The van der Waals surface area contributed by atoms with Crippen LogP contribution in [0.5, 0.6) is 0 Å². The minimum absolute atomic E-state index is 0.0736. The molecule has 0 aromatic heterocycles. The summed E-state index contributed by atoms with van der Waals surface area (Å²) in [7, 11) is 0. The molecule has 0 unspecified atom stereocenters. The first-order valence-corrected chi connectivity index (χ1v) is 15.9. The molecule has 0 aliphatic rings. The number of esters is 2. The molecule has 170 valence electrons. The van der Waals surface area contributed by atoms with Gasteiger partial charge in [-0.2, -0.15) is 0 Å². The summed E-state index contributed by atoms with van der Waals surface area (Å²) in [6, 6.07) is 0. The molecule has 5 heteroatoms. The normalized spacial score (nSPS) is 10.5. The smallest absolute Gasteiger partial charge is 0.330 e. The zero-order chi connectivity index (χ0) is 22.0. The summed E-state index contributed by atoms with van der Waals surface area (Å²) in [4.78, 5) is 21.3. The Morgan fingerprint density at radius 1 is 0.586 bits per heavy atom. The van der Waals surface area contributed by atoms with Crippen LogP contribution in [-0.4, -0.2) is 46.3 Å². The monoisotopic (exact) mass is 518 g/mol. The molecule has 0 aliphatic carbocycles. The average molecular weight is 517 g/mol. The summed E-state index contributed by atoms with van der Waals surface area (Å²) < 4.78 is 12.4. The Bertz CT molecular complexity index is 349. The van der Waals surface area contributed by atoms with Crippen LogP contribution in [0.25, 0.3) is 0 Å². The second kappa shape index (κ2) is 27.5. The van der Waals surface area contributed by atoms with Crippen LogP contribution in [0.4, 0.5) is 0 Å². The fourth-order valence-corrected chi connectivity index (χ4v) is 6.27. The molecule has 0 saturated heterocycles. The van der Waals surface area contributed by atoms with Crippen LogP contribution in [0.15, 0.2) is 12.2 Å². The van der Waals surface area contributed by atoms with Gasteiger partial charge in [0.2, 0.25) is 0 Å². The molecule has 4 nitrogen and oxygen atoms in total. The topological polar surface area (TPSA) is 52.6 Å². The number of carbonyl (C=O) groups is 2. The molecule has 0 heterocycles. The Balaban J connectivity index is 0. The molecule has 0 N–H and O–H groups in total. The minimum atomic E-state index is -0.537. The van der Waals surface area contributed by atoms with E-state index in [1.807, 2.05) is 0 Å². The van der Waals surface area contributed by atoms with Crippen LogP contribution in [0, 0.1) is 0 Å². The average Bonchev–Trinajstić information content (AvgIpc) is 2.71. The van der Waals surface area contributed by atoms with E-state index in [2.05, 4.69) is 23.3 Å². The third kappa shape index (κ3) is 29.8. The number of carbonyl (C=O) groups excluding carboxylic acids is 2. The van der Waals surface area contributed by atoms with Crippen molar-refractivity contribution in [2.24, 2.45) is 0 Å². The second-order valence-electron chi connectivity index (χ2n) is 7.12. The third-order valence-electron chi connectivity index (χ3n) is 4.34. The molecule has 2 radical (unpaired) electrons. The molecule has 0 saturated carbocycles. The van der Waals surface area contributed by atoms with Crippen molar-refractivity contribution in [2.75, 3.05) is 13.2 Å². The Labute approximate surface area is 190 Å². The summed E-state index contributed by atoms with van der Waals surface area (Å²) in [6.45, 7) is 8.58. The first-order valence-electron chi connectivity index (χ1n) is 11.8. The van der Waals surface area contributed by atoms with Crippen LogP contribution in [0.3, 0.4) is 0 Å². The molecule has 0 spiro atoms. The largest absolute Gasteiger partial charge is 0.463 e. The molecular weight excluding hydrogens is 471 g/mol. The Morgan fingerprint density at radius 2 is 0.931 bits per heavy atom. The number of rotatable bonds is 18. The number of hydrogen-bond donors (Lipinski definition) is 0. The van der Waals surface area contributed by atoms with Crippen molar-refractivity contribution in [2.45, 2.75) is 114 Å². The van der Waals surface area contributed by atoms with Gasteiger partial charge in [0.1, 0.15) is 0 Å². The number of hydrogen-bond acceptors (Lipinski definition) is 4. The third-order valence-corrected chi connectivity index (χ3v) is 8.38. The van der Waals surface area contributed by atoms with Crippen molar-refractivity contribution < 1.29 is 19.1 Å². The van der Waals surface area contributed by atoms with Crippen molar-refractivity contribution in [3.8, 4) is 0 Å². The predicted molar refractivity (Wildman–Crippen MR) is 125 cm³/mol. The van der Waals surface area contributed by atoms with Gasteiger partial charge in [-0.25, -0.2) is 9.59 Å². The summed E-state index contributed by atoms with van der Waals surface area (Å²) >= 11 is 0.0736. The van der Waals surface area contributed by atoms with Gasteiger partial charge < -0.3 is 9.47 Å². The van der Waals surface area contributed by atoms with Crippen molar-refractivity contribution in [3.63, 3.8) is 0 Å². The van der Waals surface area contributed by atoms with Crippen molar-refractivity contribution in [1.82, 2.24) is 0 Å². The van der Waals surface area contributed by atoms with E-state index in [0.717, 1.165) is 12.2 Å². The van der Waals surface area contributed by atoms with Crippen molar-refractivity contribution in [1.29, 1.82) is 0 Å². The molecule has 0 atom stereocenters. The van der Waals surface area contributed by atoms with E-state index in [1.54, 1.807) is 35.6 Å². The molecular formula is C24H46O4Sn. The zero-order valence-electron chi connectivity index (χ0n) is 19.6. The maximum absolute atomic E-state index is 10.6. The number of ether oxygens (including phenoxy) is 2. The van der Waals surface area contributed by atoms with Gasteiger partial charge in [-0.05, 0) is 13.8 Å².